The lowest BCUT2D eigenvalue weighted by molar-refractivity contribution is -0.00870. The van der Waals surface area contributed by atoms with Gasteiger partial charge in [0.15, 0.2) is 0 Å². The summed E-state index contributed by atoms with van der Waals surface area (Å²) < 4.78 is 19.7. The Kier molecular flexibility index (Phi) is 4.22. The molecule has 2 aliphatic rings. The molecule has 20 heavy (non-hydrogen) atoms. The third-order valence-electron chi connectivity index (χ3n) is 4.44. The maximum atomic E-state index is 13.8. The van der Waals surface area contributed by atoms with Crippen LogP contribution in [0.5, 0.6) is 0 Å². The van der Waals surface area contributed by atoms with E-state index in [1.807, 2.05) is 0 Å². The number of halogens is 1. The van der Waals surface area contributed by atoms with Crippen LogP contribution in [0.1, 0.15) is 31.2 Å². The molecule has 1 saturated heterocycles. The van der Waals surface area contributed by atoms with E-state index >= 15 is 0 Å². The Labute approximate surface area is 119 Å². The number of benzene rings is 1. The monoisotopic (exact) mass is 278 g/mol. The van der Waals surface area contributed by atoms with E-state index in [1.54, 1.807) is 12.1 Å². The van der Waals surface area contributed by atoms with E-state index in [0.29, 0.717) is 18.7 Å². The van der Waals surface area contributed by atoms with Crippen LogP contribution >= 0.6 is 0 Å². The molecule has 1 aromatic rings. The summed E-state index contributed by atoms with van der Waals surface area (Å²) in [5.41, 5.74) is 7.57. The fourth-order valence-electron chi connectivity index (χ4n) is 3.53. The zero-order valence-corrected chi connectivity index (χ0v) is 11.9. The third-order valence-corrected chi connectivity index (χ3v) is 4.44. The Morgan fingerprint density at radius 2 is 2.10 bits per heavy atom. The van der Waals surface area contributed by atoms with Gasteiger partial charge in [0.25, 0.3) is 0 Å². The highest BCUT2D eigenvalue weighted by Crippen LogP contribution is 2.32. The molecule has 2 N–H and O–H groups in total. The van der Waals surface area contributed by atoms with Crippen molar-refractivity contribution in [3.05, 3.63) is 29.6 Å². The number of hydrogen-bond acceptors (Lipinski definition) is 3. The molecule has 0 spiro atoms. The summed E-state index contributed by atoms with van der Waals surface area (Å²) >= 11 is 0. The molecule has 1 heterocycles. The smallest absolute Gasteiger partial charge is 0.125 e. The maximum absolute atomic E-state index is 13.8. The Bertz CT molecular complexity index is 464. The molecule has 1 aromatic carbocycles. The molecule has 0 aromatic heterocycles. The van der Waals surface area contributed by atoms with Crippen LogP contribution in [0.25, 0.3) is 0 Å². The molecule has 4 heteroatoms. The summed E-state index contributed by atoms with van der Waals surface area (Å²) in [5.74, 6) is -0.162. The van der Waals surface area contributed by atoms with Crippen molar-refractivity contribution in [3.63, 3.8) is 0 Å². The van der Waals surface area contributed by atoms with Gasteiger partial charge in [0.1, 0.15) is 5.82 Å². The predicted molar refractivity (Wildman–Crippen MR) is 78.5 cm³/mol. The van der Waals surface area contributed by atoms with Gasteiger partial charge in [-0.1, -0.05) is 12.8 Å². The van der Waals surface area contributed by atoms with Crippen molar-refractivity contribution in [1.29, 1.82) is 0 Å². The molecule has 0 amide bonds. The Morgan fingerprint density at radius 1 is 1.25 bits per heavy atom. The summed E-state index contributed by atoms with van der Waals surface area (Å²) in [6, 6.07) is 5.74. The van der Waals surface area contributed by atoms with Crippen molar-refractivity contribution < 1.29 is 9.13 Å². The lowest BCUT2D eigenvalue weighted by Crippen LogP contribution is -2.52. The first kappa shape index (κ1) is 13.8. The van der Waals surface area contributed by atoms with Gasteiger partial charge in [-0.05, 0) is 49.6 Å². The molecule has 1 aliphatic heterocycles. The fraction of sp³-hybridized carbons (Fsp3) is 0.625. The van der Waals surface area contributed by atoms with E-state index in [4.69, 9.17) is 10.5 Å². The Morgan fingerprint density at radius 3 is 2.95 bits per heavy atom. The van der Waals surface area contributed by atoms with Crippen LogP contribution < -0.4 is 10.6 Å². The van der Waals surface area contributed by atoms with Gasteiger partial charge in [-0.2, -0.15) is 0 Å². The van der Waals surface area contributed by atoms with Gasteiger partial charge in [0.05, 0.1) is 18.8 Å². The molecule has 2 unspecified atom stereocenters. The number of hydrogen-bond donors (Lipinski definition) is 1. The average molecular weight is 278 g/mol. The van der Waals surface area contributed by atoms with Crippen LogP contribution in [0.4, 0.5) is 10.1 Å². The number of rotatable bonds is 3. The molecule has 2 fully saturated rings. The van der Waals surface area contributed by atoms with Crippen molar-refractivity contribution in [3.8, 4) is 0 Å². The molecule has 3 rings (SSSR count). The molecular weight excluding hydrogens is 255 g/mol. The molecule has 2 atom stereocenters. The number of anilines is 1. The zero-order valence-electron chi connectivity index (χ0n) is 11.9. The second-order valence-electron chi connectivity index (χ2n) is 5.81. The number of morpholine rings is 1. The van der Waals surface area contributed by atoms with Gasteiger partial charge < -0.3 is 15.4 Å². The molecular formula is C16H23FN2O. The summed E-state index contributed by atoms with van der Waals surface area (Å²) in [6.07, 6.45) is 5.81. The van der Waals surface area contributed by atoms with Crippen molar-refractivity contribution in [2.75, 3.05) is 24.6 Å². The molecule has 0 radical (unpaired) electrons. The van der Waals surface area contributed by atoms with Gasteiger partial charge in [0, 0.05) is 12.2 Å². The minimum atomic E-state index is -0.162. The lowest BCUT2D eigenvalue weighted by atomic mass is 9.89. The lowest BCUT2D eigenvalue weighted by Gasteiger charge is -2.45. The Balaban J connectivity index is 1.86. The first-order valence-electron chi connectivity index (χ1n) is 7.66. The fourth-order valence-corrected chi connectivity index (χ4v) is 3.53. The van der Waals surface area contributed by atoms with E-state index in [-0.39, 0.29) is 5.82 Å². The van der Waals surface area contributed by atoms with Gasteiger partial charge in [-0.25, -0.2) is 4.39 Å². The first-order valence-corrected chi connectivity index (χ1v) is 7.66. The zero-order chi connectivity index (χ0) is 13.9. The van der Waals surface area contributed by atoms with Crippen molar-refractivity contribution in [2.24, 2.45) is 5.73 Å². The van der Waals surface area contributed by atoms with Crippen molar-refractivity contribution >= 4 is 5.69 Å². The summed E-state index contributed by atoms with van der Waals surface area (Å²) in [5, 5.41) is 0. The van der Waals surface area contributed by atoms with E-state index in [2.05, 4.69) is 11.0 Å². The SMILES string of the molecule is NCCc1cc(F)cc(N2CCOC3CCCCC32)c1. The maximum Gasteiger partial charge on any atom is 0.125 e. The van der Waals surface area contributed by atoms with E-state index in [1.165, 1.54) is 12.8 Å². The molecule has 110 valence electrons. The topological polar surface area (TPSA) is 38.5 Å². The minimum absolute atomic E-state index is 0.162. The highest BCUT2D eigenvalue weighted by Gasteiger charge is 2.34. The summed E-state index contributed by atoms with van der Waals surface area (Å²) in [7, 11) is 0. The van der Waals surface area contributed by atoms with Crippen LogP contribution in [-0.4, -0.2) is 31.8 Å². The predicted octanol–water partition coefficient (Wildman–Crippen LogP) is 2.47. The first-order chi connectivity index (χ1) is 9.78. The largest absolute Gasteiger partial charge is 0.374 e. The normalized spacial score (nSPS) is 26.4. The van der Waals surface area contributed by atoms with Crippen LogP contribution in [0.15, 0.2) is 18.2 Å². The van der Waals surface area contributed by atoms with Crippen LogP contribution in [-0.2, 0) is 11.2 Å². The van der Waals surface area contributed by atoms with Crippen LogP contribution in [0, 0.1) is 5.82 Å². The van der Waals surface area contributed by atoms with Crippen LogP contribution in [0.3, 0.4) is 0 Å². The number of ether oxygens (including phenoxy) is 1. The minimum Gasteiger partial charge on any atom is -0.374 e. The Hall–Kier alpha value is -1.13. The molecule has 1 aliphatic carbocycles. The van der Waals surface area contributed by atoms with Gasteiger partial charge in [-0.3, -0.25) is 0 Å². The van der Waals surface area contributed by atoms with E-state index in [0.717, 1.165) is 43.7 Å². The van der Waals surface area contributed by atoms with E-state index in [9.17, 15) is 4.39 Å². The quantitative estimate of drug-likeness (QED) is 0.923. The van der Waals surface area contributed by atoms with E-state index < -0.39 is 0 Å². The highest BCUT2D eigenvalue weighted by atomic mass is 19.1. The van der Waals surface area contributed by atoms with Crippen molar-refractivity contribution in [2.45, 2.75) is 44.2 Å². The molecule has 0 bridgehead atoms. The third kappa shape index (κ3) is 2.81. The molecule has 3 nitrogen and oxygen atoms in total. The van der Waals surface area contributed by atoms with Gasteiger partial charge in [0.2, 0.25) is 0 Å². The summed E-state index contributed by atoms with van der Waals surface area (Å²) in [4.78, 5) is 2.34. The number of nitrogens with zero attached hydrogens (tertiary/aromatic N) is 1. The number of nitrogens with two attached hydrogens (primary N) is 1. The molecule has 1 saturated carbocycles. The second kappa shape index (κ2) is 6.10. The summed E-state index contributed by atoms with van der Waals surface area (Å²) in [6.45, 7) is 2.15. The van der Waals surface area contributed by atoms with Gasteiger partial charge in [-0.15, -0.1) is 0 Å². The number of fused-ring (bicyclic) bond motifs is 1. The van der Waals surface area contributed by atoms with Crippen LogP contribution in [0.2, 0.25) is 0 Å². The van der Waals surface area contributed by atoms with Crippen molar-refractivity contribution in [1.82, 2.24) is 0 Å². The highest BCUT2D eigenvalue weighted by molar-refractivity contribution is 5.51. The van der Waals surface area contributed by atoms with Gasteiger partial charge >= 0.3 is 0 Å². The second-order valence-corrected chi connectivity index (χ2v) is 5.81. The average Bonchev–Trinajstić information content (AvgIpc) is 2.46. The standard InChI is InChI=1S/C16H23FN2O/c17-13-9-12(5-6-18)10-14(11-13)19-7-8-20-16-4-2-1-3-15(16)19/h9-11,15-16H,1-8,18H2.